The molecule has 0 atom stereocenters. The van der Waals surface area contributed by atoms with Crippen molar-refractivity contribution in [1.82, 2.24) is 15.0 Å². The van der Waals surface area contributed by atoms with Gasteiger partial charge in [-0.3, -0.25) is 0 Å². The molecule has 0 saturated heterocycles. The fourth-order valence-electron chi connectivity index (χ4n) is 3.17. The summed E-state index contributed by atoms with van der Waals surface area (Å²) >= 11 is 1.58. The van der Waals surface area contributed by atoms with E-state index in [9.17, 15) is 0 Å². The molecule has 0 radical (unpaired) electrons. The van der Waals surface area contributed by atoms with Crippen LogP contribution in [0.5, 0.6) is 0 Å². The normalized spacial score (nSPS) is 11.2. The first-order valence-electron chi connectivity index (χ1n) is 8.24. The Morgan fingerprint density at radius 3 is 2.58 bits per heavy atom. The molecule has 5 rings (SSSR count). The highest BCUT2D eigenvalue weighted by molar-refractivity contribution is 7.17. The van der Waals surface area contributed by atoms with Crippen molar-refractivity contribution in [3.05, 3.63) is 72.4 Å². The molecule has 0 spiro atoms. The van der Waals surface area contributed by atoms with Gasteiger partial charge in [-0.25, -0.2) is 15.0 Å². The van der Waals surface area contributed by atoms with Crippen LogP contribution in [0.25, 0.3) is 43.5 Å². The van der Waals surface area contributed by atoms with E-state index < -0.39 is 0 Å². The van der Waals surface area contributed by atoms with E-state index in [-0.39, 0.29) is 0 Å². The first-order chi connectivity index (χ1) is 12.8. The lowest BCUT2D eigenvalue weighted by Crippen LogP contribution is -1.92. The average Bonchev–Trinajstić information content (AvgIpc) is 3.13. The van der Waals surface area contributed by atoms with E-state index in [1.807, 2.05) is 18.2 Å². The predicted molar refractivity (Wildman–Crippen MR) is 108 cm³/mol. The van der Waals surface area contributed by atoms with Crippen LogP contribution in [0, 0.1) is 0 Å². The maximum Gasteiger partial charge on any atom is 0.136 e. The molecule has 124 valence electrons. The molecule has 26 heavy (non-hydrogen) atoms. The minimum Gasteiger partial charge on any atom is -0.383 e. The van der Waals surface area contributed by atoms with Crippen molar-refractivity contribution in [2.45, 2.75) is 0 Å². The zero-order valence-electron chi connectivity index (χ0n) is 13.8. The fraction of sp³-hybridized carbons (Fsp3) is 0. The van der Waals surface area contributed by atoms with Crippen LogP contribution in [0.15, 0.2) is 72.4 Å². The van der Waals surface area contributed by atoms with Crippen molar-refractivity contribution >= 4 is 38.3 Å². The summed E-state index contributed by atoms with van der Waals surface area (Å²) < 4.78 is 0. The molecule has 0 amide bonds. The van der Waals surface area contributed by atoms with Crippen LogP contribution >= 0.6 is 11.3 Å². The Labute approximate surface area is 154 Å². The Balaban J connectivity index is 1.69. The first kappa shape index (κ1) is 15.0. The van der Waals surface area contributed by atoms with Gasteiger partial charge in [0, 0.05) is 21.9 Å². The molecule has 0 saturated carbocycles. The lowest BCUT2D eigenvalue weighted by atomic mass is 10.0. The maximum absolute atomic E-state index is 6.09. The highest BCUT2D eigenvalue weighted by atomic mass is 32.1. The van der Waals surface area contributed by atoms with Gasteiger partial charge in [0.15, 0.2) is 0 Å². The molecule has 0 fully saturated rings. The Morgan fingerprint density at radius 2 is 1.69 bits per heavy atom. The lowest BCUT2D eigenvalue weighted by Gasteiger charge is -2.06. The van der Waals surface area contributed by atoms with Gasteiger partial charge in [0.1, 0.15) is 17.0 Å². The van der Waals surface area contributed by atoms with Gasteiger partial charge in [-0.1, -0.05) is 48.5 Å². The Kier molecular flexibility index (Phi) is 3.40. The van der Waals surface area contributed by atoms with Crippen molar-refractivity contribution in [1.29, 1.82) is 0 Å². The summed E-state index contributed by atoms with van der Waals surface area (Å²) in [5, 5.41) is 4.10. The number of nitrogen functional groups attached to an aromatic ring is 1. The zero-order chi connectivity index (χ0) is 17.5. The fourth-order valence-corrected chi connectivity index (χ4v) is 4.09. The minimum absolute atomic E-state index is 0.511. The van der Waals surface area contributed by atoms with Crippen molar-refractivity contribution in [3.63, 3.8) is 0 Å². The number of thiophene rings is 1. The number of pyridine rings is 1. The summed E-state index contributed by atoms with van der Waals surface area (Å²) in [6.07, 6.45) is 1.51. The van der Waals surface area contributed by atoms with Crippen LogP contribution in [0.3, 0.4) is 0 Å². The highest BCUT2D eigenvalue weighted by Gasteiger charge is 2.12. The number of hydrogen-bond acceptors (Lipinski definition) is 5. The molecule has 0 unspecified atom stereocenters. The maximum atomic E-state index is 6.09. The molecule has 2 aromatic carbocycles. The summed E-state index contributed by atoms with van der Waals surface area (Å²) in [6, 6.07) is 20.7. The molecule has 0 aliphatic heterocycles. The molecule has 5 aromatic rings. The largest absolute Gasteiger partial charge is 0.383 e. The van der Waals surface area contributed by atoms with Gasteiger partial charge in [0.25, 0.3) is 0 Å². The minimum atomic E-state index is 0.511. The number of anilines is 1. The number of rotatable bonds is 2. The van der Waals surface area contributed by atoms with Crippen molar-refractivity contribution in [3.8, 4) is 22.4 Å². The van der Waals surface area contributed by atoms with Gasteiger partial charge in [-0.2, -0.15) is 0 Å². The molecule has 4 nitrogen and oxygen atoms in total. The number of fused-ring (bicyclic) bond motifs is 2. The molecule has 0 aliphatic carbocycles. The second kappa shape index (κ2) is 5.89. The van der Waals surface area contributed by atoms with Crippen LogP contribution in [0.2, 0.25) is 0 Å². The molecule has 0 bridgehead atoms. The number of nitrogens with zero attached hydrogens (tertiary/aromatic N) is 3. The van der Waals surface area contributed by atoms with E-state index in [2.05, 4.69) is 57.8 Å². The molecule has 2 N–H and O–H groups in total. The van der Waals surface area contributed by atoms with Gasteiger partial charge in [-0.05, 0) is 17.7 Å². The van der Waals surface area contributed by atoms with Gasteiger partial charge in [0.05, 0.1) is 16.6 Å². The van der Waals surface area contributed by atoms with Crippen molar-refractivity contribution in [2.24, 2.45) is 0 Å². The third-order valence-corrected chi connectivity index (χ3v) is 5.36. The second-order valence-electron chi connectivity index (χ2n) is 6.06. The SMILES string of the molecule is Nc1ncnc2scc(-c3ccc4ccc(-c5ccccc5)nc4c3)c12. The summed E-state index contributed by atoms with van der Waals surface area (Å²) in [7, 11) is 0. The van der Waals surface area contributed by atoms with Crippen LogP contribution in [-0.2, 0) is 0 Å². The number of benzene rings is 2. The Hall–Kier alpha value is -3.31. The Morgan fingerprint density at radius 1 is 0.846 bits per heavy atom. The highest BCUT2D eigenvalue weighted by Crippen LogP contribution is 2.36. The third-order valence-electron chi connectivity index (χ3n) is 4.47. The monoisotopic (exact) mass is 354 g/mol. The van der Waals surface area contributed by atoms with E-state index in [1.54, 1.807) is 11.3 Å². The third kappa shape index (κ3) is 2.41. The van der Waals surface area contributed by atoms with Crippen LogP contribution < -0.4 is 5.73 Å². The van der Waals surface area contributed by atoms with Gasteiger partial charge >= 0.3 is 0 Å². The number of hydrogen-bond donors (Lipinski definition) is 1. The zero-order valence-corrected chi connectivity index (χ0v) is 14.6. The molecule has 5 heteroatoms. The summed E-state index contributed by atoms with van der Waals surface area (Å²) in [5.74, 6) is 0.511. The lowest BCUT2D eigenvalue weighted by molar-refractivity contribution is 1.24. The molecule has 0 aliphatic rings. The molecule has 3 aromatic heterocycles. The van der Waals surface area contributed by atoms with E-state index >= 15 is 0 Å². The summed E-state index contributed by atoms with van der Waals surface area (Å²) in [4.78, 5) is 14.2. The first-order valence-corrected chi connectivity index (χ1v) is 9.12. The van der Waals surface area contributed by atoms with Gasteiger partial charge in [-0.15, -0.1) is 11.3 Å². The summed E-state index contributed by atoms with van der Waals surface area (Å²) in [5.41, 5.74) is 11.2. The molecular formula is C21H14N4S. The summed E-state index contributed by atoms with van der Waals surface area (Å²) in [6.45, 7) is 0. The standard InChI is InChI=1S/C21H14N4S/c22-20-19-16(11-26-21(19)24-12-23-20)15-7-6-14-8-9-17(25-18(14)10-15)13-4-2-1-3-5-13/h1-12H,(H2,22,23,24). The number of aromatic nitrogens is 3. The van der Waals surface area contributed by atoms with E-state index in [0.717, 1.165) is 43.5 Å². The quantitative estimate of drug-likeness (QED) is 0.476. The topological polar surface area (TPSA) is 64.7 Å². The van der Waals surface area contributed by atoms with Crippen LogP contribution in [0.4, 0.5) is 5.82 Å². The van der Waals surface area contributed by atoms with Gasteiger partial charge in [0.2, 0.25) is 0 Å². The Bertz CT molecular complexity index is 1250. The van der Waals surface area contributed by atoms with E-state index in [4.69, 9.17) is 10.7 Å². The van der Waals surface area contributed by atoms with Crippen molar-refractivity contribution in [2.75, 3.05) is 5.73 Å². The second-order valence-corrected chi connectivity index (χ2v) is 6.92. The van der Waals surface area contributed by atoms with E-state index in [0.29, 0.717) is 5.82 Å². The van der Waals surface area contributed by atoms with E-state index in [1.165, 1.54) is 6.33 Å². The predicted octanol–water partition coefficient (Wildman–Crippen LogP) is 5.16. The number of nitrogens with two attached hydrogens (primary N) is 1. The van der Waals surface area contributed by atoms with Gasteiger partial charge < -0.3 is 5.73 Å². The molecule has 3 heterocycles. The van der Waals surface area contributed by atoms with Crippen LogP contribution in [0.1, 0.15) is 0 Å². The van der Waals surface area contributed by atoms with Crippen LogP contribution in [-0.4, -0.2) is 15.0 Å². The molecular weight excluding hydrogens is 340 g/mol. The van der Waals surface area contributed by atoms with Crippen molar-refractivity contribution < 1.29 is 0 Å². The average molecular weight is 354 g/mol. The smallest absolute Gasteiger partial charge is 0.136 e.